The second-order valence-electron chi connectivity index (χ2n) is 3.15. The summed E-state index contributed by atoms with van der Waals surface area (Å²) in [6.45, 7) is 1.96. The first-order valence-electron chi connectivity index (χ1n) is 4.42. The average molecular weight is 284 g/mol. The van der Waals surface area contributed by atoms with Gasteiger partial charge in [0, 0.05) is 16.2 Å². The van der Waals surface area contributed by atoms with E-state index < -0.39 is 0 Å². The Morgan fingerprint density at radius 1 is 1.27 bits per heavy atom. The maximum absolute atomic E-state index is 5.78. The molecule has 0 saturated heterocycles. The van der Waals surface area contributed by atoms with Gasteiger partial charge in [-0.2, -0.15) is 0 Å². The molecular weight excluding hydrogens is 275 g/mol. The van der Waals surface area contributed by atoms with E-state index in [2.05, 4.69) is 25.9 Å². The molecule has 1 aromatic heterocycles. The van der Waals surface area contributed by atoms with Crippen molar-refractivity contribution in [2.45, 2.75) is 6.92 Å². The van der Waals surface area contributed by atoms with Gasteiger partial charge in [-0.3, -0.25) is 0 Å². The standard InChI is InChI=1S/C11H8BrClN2/c1-7-6-14-11(13)15-10(7)8-4-2-3-5-9(8)12/h2-6H,1H3. The highest BCUT2D eigenvalue weighted by Gasteiger charge is 2.08. The maximum Gasteiger partial charge on any atom is 0.222 e. The Balaban J connectivity index is 2.64. The number of hydrogen-bond acceptors (Lipinski definition) is 2. The summed E-state index contributed by atoms with van der Waals surface area (Å²) >= 11 is 9.27. The van der Waals surface area contributed by atoms with E-state index in [0.29, 0.717) is 0 Å². The Morgan fingerprint density at radius 3 is 2.73 bits per heavy atom. The second-order valence-corrected chi connectivity index (χ2v) is 4.34. The van der Waals surface area contributed by atoms with Crippen molar-refractivity contribution >= 4 is 27.5 Å². The van der Waals surface area contributed by atoms with Crippen LogP contribution in [0, 0.1) is 6.92 Å². The highest BCUT2D eigenvalue weighted by Crippen LogP contribution is 2.28. The van der Waals surface area contributed by atoms with Crippen LogP contribution in [0.5, 0.6) is 0 Å². The van der Waals surface area contributed by atoms with Crippen LogP contribution in [-0.2, 0) is 0 Å². The number of halogens is 2. The van der Waals surface area contributed by atoms with E-state index in [1.807, 2.05) is 31.2 Å². The van der Waals surface area contributed by atoms with Gasteiger partial charge in [-0.1, -0.05) is 34.1 Å². The normalized spacial score (nSPS) is 10.3. The van der Waals surface area contributed by atoms with Crippen LogP contribution in [-0.4, -0.2) is 9.97 Å². The molecule has 2 aromatic rings. The Bertz CT molecular complexity index is 500. The van der Waals surface area contributed by atoms with Gasteiger partial charge >= 0.3 is 0 Å². The van der Waals surface area contributed by atoms with Crippen molar-refractivity contribution in [2.24, 2.45) is 0 Å². The minimum atomic E-state index is 0.270. The zero-order chi connectivity index (χ0) is 10.8. The third-order valence-corrected chi connectivity index (χ3v) is 2.94. The fourth-order valence-corrected chi connectivity index (χ4v) is 1.95. The van der Waals surface area contributed by atoms with Crippen molar-refractivity contribution in [1.29, 1.82) is 0 Å². The molecule has 0 bridgehead atoms. The third-order valence-electron chi connectivity index (χ3n) is 2.07. The van der Waals surface area contributed by atoms with Crippen molar-refractivity contribution in [3.8, 4) is 11.3 Å². The molecule has 0 aliphatic rings. The van der Waals surface area contributed by atoms with Gasteiger partial charge in [-0.25, -0.2) is 9.97 Å². The summed E-state index contributed by atoms with van der Waals surface area (Å²) in [5.74, 6) is 0. The molecule has 4 heteroatoms. The third kappa shape index (κ3) is 2.19. The summed E-state index contributed by atoms with van der Waals surface area (Å²) in [5.41, 5.74) is 2.90. The molecule has 0 fully saturated rings. The summed E-state index contributed by atoms with van der Waals surface area (Å²) in [6, 6.07) is 7.90. The molecule has 76 valence electrons. The van der Waals surface area contributed by atoms with E-state index in [-0.39, 0.29) is 5.28 Å². The number of nitrogens with zero attached hydrogens (tertiary/aromatic N) is 2. The van der Waals surface area contributed by atoms with Crippen molar-refractivity contribution < 1.29 is 0 Å². The Morgan fingerprint density at radius 2 is 2.00 bits per heavy atom. The number of aryl methyl sites for hydroxylation is 1. The first-order valence-corrected chi connectivity index (χ1v) is 5.59. The Kier molecular flexibility index (Phi) is 3.03. The van der Waals surface area contributed by atoms with Gasteiger partial charge in [-0.05, 0) is 30.2 Å². The van der Waals surface area contributed by atoms with E-state index in [1.165, 1.54) is 0 Å². The van der Waals surface area contributed by atoms with Gasteiger partial charge in [0.25, 0.3) is 0 Å². The molecule has 0 spiro atoms. The molecule has 0 saturated carbocycles. The van der Waals surface area contributed by atoms with Gasteiger partial charge in [0.2, 0.25) is 5.28 Å². The number of hydrogen-bond donors (Lipinski definition) is 0. The molecule has 2 nitrogen and oxygen atoms in total. The lowest BCUT2D eigenvalue weighted by molar-refractivity contribution is 1.13. The van der Waals surface area contributed by atoms with Crippen LogP contribution in [0.15, 0.2) is 34.9 Å². The minimum Gasteiger partial charge on any atom is -0.226 e. The van der Waals surface area contributed by atoms with Crippen LogP contribution < -0.4 is 0 Å². The van der Waals surface area contributed by atoms with Crippen molar-refractivity contribution in [2.75, 3.05) is 0 Å². The van der Waals surface area contributed by atoms with E-state index in [4.69, 9.17) is 11.6 Å². The zero-order valence-corrected chi connectivity index (χ0v) is 10.4. The van der Waals surface area contributed by atoms with Crippen molar-refractivity contribution in [3.05, 3.63) is 45.8 Å². The minimum absolute atomic E-state index is 0.270. The molecular formula is C11H8BrClN2. The molecule has 0 atom stereocenters. The van der Waals surface area contributed by atoms with E-state index in [0.717, 1.165) is 21.3 Å². The molecule has 1 heterocycles. The van der Waals surface area contributed by atoms with Crippen LogP contribution in [0.2, 0.25) is 5.28 Å². The molecule has 0 aliphatic carbocycles. The van der Waals surface area contributed by atoms with Crippen LogP contribution in [0.4, 0.5) is 0 Å². The first kappa shape index (κ1) is 10.6. The topological polar surface area (TPSA) is 25.8 Å². The molecule has 0 aliphatic heterocycles. The quantitative estimate of drug-likeness (QED) is 0.743. The van der Waals surface area contributed by atoms with E-state index in [1.54, 1.807) is 6.20 Å². The zero-order valence-electron chi connectivity index (χ0n) is 8.04. The fraction of sp³-hybridized carbons (Fsp3) is 0.0909. The molecule has 2 rings (SSSR count). The monoisotopic (exact) mass is 282 g/mol. The van der Waals surface area contributed by atoms with Crippen molar-refractivity contribution in [3.63, 3.8) is 0 Å². The lowest BCUT2D eigenvalue weighted by Crippen LogP contribution is -1.92. The number of aromatic nitrogens is 2. The summed E-state index contributed by atoms with van der Waals surface area (Å²) in [4.78, 5) is 8.16. The predicted octanol–water partition coefficient (Wildman–Crippen LogP) is 3.87. The highest BCUT2D eigenvalue weighted by atomic mass is 79.9. The van der Waals surface area contributed by atoms with Gasteiger partial charge < -0.3 is 0 Å². The van der Waals surface area contributed by atoms with Gasteiger partial charge in [-0.15, -0.1) is 0 Å². The summed E-state index contributed by atoms with van der Waals surface area (Å²) < 4.78 is 1.00. The maximum atomic E-state index is 5.78. The molecule has 15 heavy (non-hydrogen) atoms. The number of benzene rings is 1. The number of rotatable bonds is 1. The second kappa shape index (κ2) is 4.29. The molecule has 1 aromatic carbocycles. The molecule has 0 unspecified atom stereocenters. The SMILES string of the molecule is Cc1cnc(Cl)nc1-c1ccccc1Br. The Hall–Kier alpha value is -0.930. The van der Waals surface area contributed by atoms with Crippen LogP contribution in [0.3, 0.4) is 0 Å². The fourth-order valence-electron chi connectivity index (χ4n) is 1.35. The molecule has 0 radical (unpaired) electrons. The van der Waals surface area contributed by atoms with E-state index in [9.17, 15) is 0 Å². The van der Waals surface area contributed by atoms with Crippen LogP contribution in [0.1, 0.15) is 5.56 Å². The Labute approximate surface area is 101 Å². The van der Waals surface area contributed by atoms with Crippen LogP contribution in [0.25, 0.3) is 11.3 Å². The predicted molar refractivity (Wildman–Crippen MR) is 64.9 cm³/mol. The van der Waals surface area contributed by atoms with Gasteiger partial charge in [0.1, 0.15) is 0 Å². The summed E-state index contributed by atoms with van der Waals surface area (Å²) in [5, 5.41) is 0.270. The largest absolute Gasteiger partial charge is 0.226 e. The first-order chi connectivity index (χ1) is 7.18. The summed E-state index contributed by atoms with van der Waals surface area (Å²) in [6.07, 6.45) is 1.73. The average Bonchev–Trinajstić information content (AvgIpc) is 2.23. The van der Waals surface area contributed by atoms with Gasteiger partial charge in [0.05, 0.1) is 5.69 Å². The summed E-state index contributed by atoms with van der Waals surface area (Å²) in [7, 11) is 0. The molecule has 0 N–H and O–H groups in total. The molecule has 0 amide bonds. The highest BCUT2D eigenvalue weighted by molar-refractivity contribution is 9.10. The van der Waals surface area contributed by atoms with Crippen molar-refractivity contribution in [1.82, 2.24) is 9.97 Å². The lowest BCUT2D eigenvalue weighted by Gasteiger charge is -2.06. The lowest BCUT2D eigenvalue weighted by atomic mass is 10.1. The van der Waals surface area contributed by atoms with Gasteiger partial charge in [0.15, 0.2) is 0 Å². The van der Waals surface area contributed by atoms with Crippen LogP contribution >= 0.6 is 27.5 Å². The van der Waals surface area contributed by atoms with E-state index >= 15 is 0 Å². The smallest absolute Gasteiger partial charge is 0.222 e.